The minimum atomic E-state index is 0.366. The highest BCUT2D eigenvalue weighted by molar-refractivity contribution is 4.67. The molecule has 2 unspecified atom stereocenters. The SMILES string of the molecule is CCCCC(C)C(CCCC)CCCCCO. The third kappa shape index (κ3) is 9.64. The van der Waals surface area contributed by atoms with E-state index in [9.17, 15) is 0 Å². The van der Waals surface area contributed by atoms with Crippen LogP contribution in [0.25, 0.3) is 0 Å². The Morgan fingerprint density at radius 2 is 1.35 bits per heavy atom. The second kappa shape index (κ2) is 12.4. The van der Waals surface area contributed by atoms with Gasteiger partial charge in [0.25, 0.3) is 0 Å². The second-order valence-electron chi connectivity index (χ2n) is 5.59. The Morgan fingerprint density at radius 1 is 0.765 bits per heavy atom. The summed E-state index contributed by atoms with van der Waals surface area (Å²) in [6.45, 7) is 7.39. The highest BCUT2D eigenvalue weighted by atomic mass is 16.2. The number of rotatable bonds is 12. The first-order chi connectivity index (χ1) is 8.26. The van der Waals surface area contributed by atoms with E-state index in [1.807, 2.05) is 0 Å². The quantitative estimate of drug-likeness (QED) is 0.468. The van der Waals surface area contributed by atoms with E-state index in [4.69, 9.17) is 5.11 Å². The lowest BCUT2D eigenvalue weighted by Gasteiger charge is -2.24. The molecule has 0 aromatic carbocycles. The summed E-state index contributed by atoms with van der Waals surface area (Å²) in [4.78, 5) is 0. The highest BCUT2D eigenvalue weighted by Crippen LogP contribution is 2.28. The maximum absolute atomic E-state index is 8.80. The van der Waals surface area contributed by atoms with Crippen LogP contribution in [0.1, 0.15) is 85.0 Å². The fourth-order valence-corrected chi connectivity index (χ4v) is 2.64. The summed E-state index contributed by atoms with van der Waals surface area (Å²) in [5.41, 5.74) is 0. The highest BCUT2D eigenvalue weighted by Gasteiger charge is 2.15. The summed E-state index contributed by atoms with van der Waals surface area (Å²) in [7, 11) is 0. The minimum absolute atomic E-state index is 0.366. The molecule has 0 saturated heterocycles. The van der Waals surface area contributed by atoms with Gasteiger partial charge >= 0.3 is 0 Å². The molecular weight excluding hydrogens is 208 g/mol. The first kappa shape index (κ1) is 17.0. The van der Waals surface area contributed by atoms with E-state index >= 15 is 0 Å². The summed E-state index contributed by atoms with van der Waals surface area (Å²) in [6, 6.07) is 0. The van der Waals surface area contributed by atoms with Gasteiger partial charge in [0.15, 0.2) is 0 Å². The lowest BCUT2D eigenvalue weighted by Crippen LogP contribution is -2.12. The van der Waals surface area contributed by atoms with E-state index in [1.54, 1.807) is 0 Å². The number of aliphatic hydroxyl groups is 1. The van der Waals surface area contributed by atoms with Gasteiger partial charge in [-0.3, -0.25) is 0 Å². The van der Waals surface area contributed by atoms with Crippen molar-refractivity contribution in [1.82, 2.24) is 0 Å². The van der Waals surface area contributed by atoms with Gasteiger partial charge < -0.3 is 5.11 Å². The van der Waals surface area contributed by atoms with Crippen LogP contribution in [0.2, 0.25) is 0 Å². The first-order valence-corrected chi connectivity index (χ1v) is 7.87. The molecule has 1 heteroatoms. The van der Waals surface area contributed by atoms with Gasteiger partial charge in [0.2, 0.25) is 0 Å². The molecule has 0 aliphatic heterocycles. The summed E-state index contributed by atoms with van der Waals surface area (Å²) >= 11 is 0. The van der Waals surface area contributed by atoms with Crippen LogP contribution in [-0.2, 0) is 0 Å². The van der Waals surface area contributed by atoms with E-state index in [0.29, 0.717) is 6.61 Å². The third-order valence-corrected chi connectivity index (χ3v) is 3.98. The summed E-state index contributed by atoms with van der Waals surface area (Å²) < 4.78 is 0. The second-order valence-corrected chi connectivity index (χ2v) is 5.59. The van der Waals surface area contributed by atoms with Gasteiger partial charge in [0.1, 0.15) is 0 Å². The Kier molecular flexibility index (Phi) is 12.4. The molecule has 0 spiro atoms. The van der Waals surface area contributed by atoms with Crippen LogP contribution in [0.4, 0.5) is 0 Å². The predicted octanol–water partition coefficient (Wildman–Crippen LogP) is 5.17. The van der Waals surface area contributed by atoms with Crippen molar-refractivity contribution in [3.63, 3.8) is 0 Å². The molecule has 0 aliphatic carbocycles. The Hall–Kier alpha value is -0.0400. The molecule has 17 heavy (non-hydrogen) atoms. The average Bonchev–Trinajstić information content (AvgIpc) is 2.35. The standard InChI is InChI=1S/C16H34O/c1-4-6-11-15(3)16(12-7-5-2)13-9-8-10-14-17/h15-17H,4-14H2,1-3H3. The molecule has 1 nitrogen and oxygen atoms in total. The average molecular weight is 242 g/mol. The van der Waals surface area contributed by atoms with Crippen LogP contribution in [0.5, 0.6) is 0 Å². The van der Waals surface area contributed by atoms with E-state index < -0.39 is 0 Å². The van der Waals surface area contributed by atoms with Gasteiger partial charge in [0, 0.05) is 6.61 Å². The van der Waals surface area contributed by atoms with Crippen molar-refractivity contribution in [1.29, 1.82) is 0 Å². The van der Waals surface area contributed by atoms with Crippen molar-refractivity contribution in [3.8, 4) is 0 Å². The Labute approximate surface area is 109 Å². The summed E-state index contributed by atoms with van der Waals surface area (Å²) in [5, 5.41) is 8.80. The lowest BCUT2D eigenvalue weighted by molar-refractivity contribution is 0.261. The van der Waals surface area contributed by atoms with E-state index in [2.05, 4.69) is 20.8 Å². The van der Waals surface area contributed by atoms with Crippen molar-refractivity contribution in [2.24, 2.45) is 11.8 Å². The van der Waals surface area contributed by atoms with E-state index in [1.165, 1.54) is 57.8 Å². The summed E-state index contributed by atoms with van der Waals surface area (Å²) in [5.74, 6) is 1.83. The molecule has 0 aromatic heterocycles. The Balaban J connectivity index is 3.84. The maximum Gasteiger partial charge on any atom is 0.0431 e. The molecule has 0 heterocycles. The number of unbranched alkanes of at least 4 members (excludes halogenated alkanes) is 4. The fourth-order valence-electron chi connectivity index (χ4n) is 2.64. The van der Waals surface area contributed by atoms with Crippen LogP contribution in [0, 0.1) is 11.8 Å². The summed E-state index contributed by atoms with van der Waals surface area (Å²) in [6.07, 6.45) is 13.1. The normalized spacial score (nSPS) is 14.8. The molecule has 0 rings (SSSR count). The molecule has 0 fully saturated rings. The molecule has 104 valence electrons. The van der Waals surface area contributed by atoms with Gasteiger partial charge in [-0.2, -0.15) is 0 Å². The van der Waals surface area contributed by atoms with Crippen molar-refractivity contribution >= 4 is 0 Å². The molecule has 0 saturated carbocycles. The smallest absolute Gasteiger partial charge is 0.0431 e. The predicted molar refractivity (Wildman–Crippen MR) is 77.3 cm³/mol. The molecular formula is C16H34O. The zero-order chi connectivity index (χ0) is 12.9. The van der Waals surface area contributed by atoms with Gasteiger partial charge in [-0.05, 0) is 18.3 Å². The number of hydrogen-bond acceptors (Lipinski definition) is 1. The van der Waals surface area contributed by atoms with Crippen molar-refractivity contribution in [2.45, 2.75) is 85.0 Å². The minimum Gasteiger partial charge on any atom is -0.396 e. The molecule has 2 atom stereocenters. The van der Waals surface area contributed by atoms with Crippen molar-refractivity contribution in [2.75, 3.05) is 6.61 Å². The van der Waals surface area contributed by atoms with Gasteiger partial charge in [0.05, 0.1) is 0 Å². The molecule has 0 radical (unpaired) electrons. The van der Waals surface area contributed by atoms with E-state index in [0.717, 1.165) is 18.3 Å². The monoisotopic (exact) mass is 242 g/mol. The zero-order valence-corrected chi connectivity index (χ0v) is 12.4. The van der Waals surface area contributed by atoms with Crippen LogP contribution in [-0.4, -0.2) is 11.7 Å². The largest absolute Gasteiger partial charge is 0.396 e. The number of hydrogen-bond donors (Lipinski definition) is 1. The van der Waals surface area contributed by atoms with Crippen molar-refractivity contribution < 1.29 is 5.11 Å². The van der Waals surface area contributed by atoms with Crippen LogP contribution >= 0.6 is 0 Å². The maximum atomic E-state index is 8.80. The van der Waals surface area contributed by atoms with Crippen LogP contribution < -0.4 is 0 Å². The topological polar surface area (TPSA) is 20.2 Å². The van der Waals surface area contributed by atoms with Gasteiger partial charge in [-0.25, -0.2) is 0 Å². The zero-order valence-electron chi connectivity index (χ0n) is 12.4. The molecule has 0 aliphatic rings. The van der Waals surface area contributed by atoms with Gasteiger partial charge in [-0.1, -0.05) is 78.6 Å². The Morgan fingerprint density at radius 3 is 1.94 bits per heavy atom. The van der Waals surface area contributed by atoms with Gasteiger partial charge in [-0.15, -0.1) is 0 Å². The third-order valence-electron chi connectivity index (χ3n) is 3.98. The lowest BCUT2D eigenvalue weighted by atomic mass is 9.82. The van der Waals surface area contributed by atoms with Crippen molar-refractivity contribution in [3.05, 3.63) is 0 Å². The number of aliphatic hydroxyl groups excluding tert-OH is 1. The Bertz CT molecular complexity index is 144. The first-order valence-electron chi connectivity index (χ1n) is 7.87. The fraction of sp³-hybridized carbons (Fsp3) is 1.00. The molecule has 0 bridgehead atoms. The van der Waals surface area contributed by atoms with Crippen LogP contribution in [0.15, 0.2) is 0 Å². The van der Waals surface area contributed by atoms with E-state index in [-0.39, 0.29) is 0 Å². The van der Waals surface area contributed by atoms with Crippen LogP contribution in [0.3, 0.4) is 0 Å². The molecule has 0 aromatic rings. The molecule has 0 amide bonds. The molecule has 1 N–H and O–H groups in total.